The number of hydrogen-bond donors (Lipinski definition) is 1. The molecule has 1 aliphatic rings. The lowest BCUT2D eigenvalue weighted by molar-refractivity contribution is -0.133. The SMILES string of the molecule is NC(C(=O)N1CCN(I)CC1)c1ccccc1F. The van der Waals surface area contributed by atoms with E-state index < -0.39 is 11.9 Å². The third kappa shape index (κ3) is 2.99. The third-order valence-electron chi connectivity index (χ3n) is 3.04. The summed E-state index contributed by atoms with van der Waals surface area (Å²) in [4.78, 5) is 13.9. The Labute approximate surface area is 119 Å². The Morgan fingerprint density at radius 2 is 1.89 bits per heavy atom. The van der Waals surface area contributed by atoms with Gasteiger partial charge in [0.05, 0.1) is 0 Å². The van der Waals surface area contributed by atoms with Crippen molar-refractivity contribution in [1.82, 2.24) is 8.01 Å². The van der Waals surface area contributed by atoms with E-state index in [1.54, 1.807) is 23.1 Å². The molecule has 4 nitrogen and oxygen atoms in total. The van der Waals surface area contributed by atoms with E-state index >= 15 is 0 Å². The maximum atomic E-state index is 13.6. The summed E-state index contributed by atoms with van der Waals surface area (Å²) < 4.78 is 15.7. The molecule has 0 aromatic heterocycles. The molecule has 1 atom stereocenters. The molecule has 1 heterocycles. The first-order valence-electron chi connectivity index (χ1n) is 5.79. The first kappa shape index (κ1) is 13.7. The molecule has 1 unspecified atom stereocenters. The maximum absolute atomic E-state index is 13.6. The second-order valence-electron chi connectivity index (χ2n) is 4.23. The molecule has 1 aromatic carbocycles. The summed E-state index contributed by atoms with van der Waals surface area (Å²) in [6.45, 7) is 2.92. The van der Waals surface area contributed by atoms with Gasteiger partial charge in [0.2, 0.25) is 5.91 Å². The second kappa shape index (κ2) is 5.94. The number of carbonyl (C=O) groups excluding carboxylic acids is 1. The van der Waals surface area contributed by atoms with Crippen LogP contribution < -0.4 is 5.73 Å². The highest BCUT2D eigenvalue weighted by atomic mass is 127. The topological polar surface area (TPSA) is 49.6 Å². The molecular formula is C12H15FIN3O. The summed E-state index contributed by atoms with van der Waals surface area (Å²) in [5.74, 6) is -0.629. The molecule has 1 aromatic rings. The van der Waals surface area contributed by atoms with Crippen LogP contribution in [-0.4, -0.2) is 40.1 Å². The van der Waals surface area contributed by atoms with Crippen LogP contribution in [0.3, 0.4) is 0 Å². The van der Waals surface area contributed by atoms with Gasteiger partial charge in [-0.15, -0.1) is 0 Å². The van der Waals surface area contributed by atoms with E-state index in [-0.39, 0.29) is 11.5 Å². The van der Waals surface area contributed by atoms with Gasteiger partial charge in [0, 0.05) is 54.6 Å². The molecule has 98 valence electrons. The zero-order valence-corrected chi connectivity index (χ0v) is 12.0. The van der Waals surface area contributed by atoms with Gasteiger partial charge in [0.25, 0.3) is 0 Å². The number of amides is 1. The fourth-order valence-electron chi connectivity index (χ4n) is 1.96. The highest BCUT2D eigenvalue weighted by Crippen LogP contribution is 2.18. The first-order chi connectivity index (χ1) is 8.59. The number of benzene rings is 1. The van der Waals surface area contributed by atoms with E-state index in [0.29, 0.717) is 13.1 Å². The van der Waals surface area contributed by atoms with Gasteiger partial charge in [-0.05, 0) is 6.07 Å². The minimum Gasteiger partial charge on any atom is -0.338 e. The van der Waals surface area contributed by atoms with Gasteiger partial charge in [-0.1, -0.05) is 18.2 Å². The number of nitrogens with zero attached hydrogens (tertiary/aromatic N) is 2. The predicted molar refractivity (Wildman–Crippen MR) is 75.5 cm³/mol. The lowest BCUT2D eigenvalue weighted by atomic mass is 10.1. The normalized spacial score (nSPS) is 18.7. The number of hydrogen-bond acceptors (Lipinski definition) is 3. The van der Waals surface area contributed by atoms with Gasteiger partial charge in [-0.25, -0.2) is 7.50 Å². The average molecular weight is 363 g/mol. The maximum Gasteiger partial charge on any atom is 0.244 e. The van der Waals surface area contributed by atoms with Crippen molar-refractivity contribution in [3.05, 3.63) is 35.6 Å². The molecule has 1 aliphatic heterocycles. The summed E-state index contributed by atoms with van der Waals surface area (Å²) in [6, 6.07) is 5.25. The van der Waals surface area contributed by atoms with Crippen molar-refractivity contribution >= 4 is 28.8 Å². The van der Waals surface area contributed by atoms with Crippen LogP contribution in [-0.2, 0) is 4.79 Å². The van der Waals surface area contributed by atoms with Crippen molar-refractivity contribution in [3.63, 3.8) is 0 Å². The Balaban J connectivity index is 2.07. The van der Waals surface area contributed by atoms with Gasteiger partial charge in [0.15, 0.2) is 0 Å². The van der Waals surface area contributed by atoms with E-state index in [1.807, 2.05) is 0 Å². The quantitative estimate of drug-likeness (QED) is 0.637. The van der Waals surface area contributed by atoms with Crippen LogP contribution in [0.25, 0.3) is 0 Å². The lowest BCUT2D eigenvalue weighted by Gasteiger charge is -2.32. The van der Waals surface area contributed by atoms with Crippen LogP contribution in [0.4, 0.5) is 4.39 Å². The van der Waals surface area contributed by atoms with E-state index in [2.05, 4.69) is 26.0 Å². The van der Waals surface area contributed by atoms with Crippen molar-refractivity contribution < 1.29 is 9.18 Å². The lowest BCUT2D eigenvalue weighted by Crippen LogP contribution is -2.48. The highest BCUT2D eigenvalue weighted by molar-refractivity contribution is 14.1. The Morgan fingerprint density at radius 3 is 2.50 bits per heavy atom. The van der Waals surface area contributed by atoms with E-state index in [1.165, 1.54) is 6.07 Å². The average Bonchev–Trinajstić information content (AvgIpc) is 2.38. The zero-order chi connectivity index (χ0) is 13.1. The van der Waals surface area contributed by atoms with Gasteiger partial charge in [-0.3, -0.25) is 4.79 Å². The number of nitrogens with two attached hydrogens (primary N) is 1. The summed E-state index contributed by atoms with van der Waals surface area (Å²) in [7, 11) is 0. The van der Waals surface area contributed by atoms with Crippen LogP contribution >= 0.6 is 22.9 Å². The van der Waals surface area contributed by atoms with Gasteiger partial charge in [0.1, 0.15) is 11.9 Å². The van der Waals surface area contributed by atoms with Crippen molar-refractivity contribution in [2.45, 2.75) is 6.04 Å². The van der Waals surface area contributed by atoms with Crippen LogP contribution in [0.15, 0.2) is 24.3 Å². The number of rotatable bonds is 2. The summed E-state index contributed by atoms with van der Waals surface area (Å²) in [6.07, 6.45) is 0. The second-order valence-corrected chi connectivity index (χ2v) is 5.60. The molecule has 1 fully saturated rings. The fraction of sp³-hybridized carbons (Fsp3) is 0.417. The standard InChI is InChI=1S/C12H15FIN3O/c13-10-4-2-1-3-9(10)11(15)12(18)16-5-7-17(14)8-6-16/h1-4,11H,5-8,15H2. The van der Waals surface area contributed by atoms with E-state index in [4.69, 9.17) is 5.73 Å². The molecule has 0 radical (unpaired) electrons. The Bertz CT molecular complexity index is 435. The van der Waals surface area contributed by atoms with Crippen LogP contribution in [0.2, 0.25) is 0 Å². The van der Waals surface area contributed by atoms with Crippen LogP contribution in [0.5, 0.6) is 0 Å². The summed E-state index contributed by atoms with van der Waals surface area (Å²) in [5.41, 5.74) is 6.12. The monoisotopic (exact) mass is 363 g/mol. The number of halogens is 2. The zero-order valence-electron chi connectivity index (χ0n) is 9.85. The molecular weight excluding hydrogens is 348 g/mol. The van der Waals surface area contributed by atoms with Crippen LogP contribution in [0, 0.1) is 5.82 Å². The molecule has 6 heteroatoms. The van der Waals surface area contributed by atoms with Crippen LogP contribution in [0.1, 0.15) is 11.6 Å². The Hall–Kier alpha value is -0.730. The number of piperazine rings is 1. The van der Waals surface area contributed by atoms with Crippen molar-refractivity contribution in [1.29, 1.82) is 0 Å². The molecule has 0 bridgehead atoms. The minimum absolute atomic E-state index is 0.204. The van der Waals surface area contributed by atoms with Crippen molar-refractivity contribution in [2.75, 3.05) is 26.2 Å². The van der Waals surface area contributed by atoms with Gasteiger partial charge >= 0.3 is 0 Å². The summed E-state index contributed by atoms with van der Waals surface area (Å²) in [5, 5.41) is 0. The van der Waals surface area contributed by atoms with E-state index in [0.717, 1.165) is 13.1 Å². The molecule has 18 heavy (non-hydrogen) atoms. The molecule has 1 amide bonds. The first-order valence-corrected chi connectivity index (χ1v) is 6.75. The largest absolute Gasteiger partial charge is 0.338 e. The Morgan fingerprint density at radius 1 is 1.28 bits per heavy atom. The smallest absolute Gasteiger partial charge is 0.244 e. The van der Waals surface area contributed by atoms with Gasteiger partial charge in [-0.2, -0.15) is 0 Å². The molecule has 0 aliphatic carbocycles. The minimum atomic E-state index is -0.910. The fourth-order valence-corrected chi connectivity index (χ4v) is 2.39. The highest BCUT2D eigenvalue weighted by Gasteiger charge is 2.26. The molecule has 0 saturated carbocycles. The van der Waals surface area contributed by atoms with Crippen molar-refractivity contribution in [3.8, 4) is 0 Å². The van der Waals surface area contributed by atoms with Crippen molar-refractivity contribution in [2.24, 2.45) is 5.73 Å². The third-order valence-corrected chi connectivity index (χ3v) is 4.01. The molecule has 2 N–H and O–H groups in total. The predicted octanol–water partition coefficient (Wildman–Crippen LogP) is 1.32. The summed E-state index contributed by atoms with van der Waals surface area (Å²) >= 11 is 2.23. The number of carbonyl (C=O) groups is 1. The van der Waals surface area contributed by atoms with Gasteiger partial charge < -0.3 is 10.6 Å². The molecule has 0 spiro atoms. The Kier molecular flexibility index (Phi) is 4.52. The van der Waals surface area contributed by atoms with E-state index in [9.17, 15) is 9.18 Å². The molecule has 1 saturated heterocycles. The molecule has 2 rings (SSSR count).